The summed E-state index contributed by atoms with van der Waals surface area (Å²) in [4.78, 5) is 4.97. The molecule has 1 saturated heterocycles. The van der Waals surface area contributed by atoms with E-state index in [1.165, 1.54) is 32.5 Å². The van der Waals surface area contributed by atoms with Crippen LogP contribution >= 0.6 is 0 Å². The van der Waals surface area contributed by atoms with Crippen LogP contribution in [0.1, 0.15) is 19.3 Å². The maximum atomic E-state index is 5.88. The van der Waals surface area contributed by atoms with Crippen molar-refractivity contribution < 1.29 is 0 Å². The Balaban J connectivity index is 1.71. The molecule has 2 N–H and O–H groups in total. The Labute approximate surface area is 99.3 Å². The lowest BCUT2D eigenvalue weighted by Crippen LogP contribution is -2.43. The van der Waals surface area contributed by atoms with Gasteiger partial charge in [0, 0.05) is 18.6 Å². The first-order valence-electron chi connectivity index (χ1n) is 6.48. The lowest BCUT2D eigenvalue weighted by molar-refractivity contribution is 0.135. The van der Waals surface area contributed by atoms with E-state index in [0.29, 0.717) is 12.0 Å². The summed E-state index contributed by atoms with van der Waals surface area (Å²) < 4.78 is 0. The van der Waals surface area contributed by atoms with Gasteiger partial charge in [0.1, 0.15) is 0 Å². The molecule has 16 heavy (non-hydrogen) atoms. The van der Waals surface area contributed by atoms with Gasteiger partial charge in [-0.05, 0) is 52.4 Å². The second-order valence-corrected chi connectivity index (χ2v) is 5.54. The van der Waals surface area contributed by atoms with E-state index in [1.54, 1.807) is 0 Å². The largest absolute Gasteiger partial charge is 0.324 e. The minimum Gasteiger partial charge on any atom is -0.324 e. The van der Waals surface area contributed by atoms with Crippen LogP contribution in [-0.4, -0.2) is 55.6 Å². The van der Waals surface area contributed by atoms with Crippen LogP contribution in [0, 0.1) is 5.92 Å². The number of hydrogen-bond donors (Lipinski definition) is 1. The number of piperidine rings is 1. The lowest BCUT2D eigenvalue weighted by atomic mass is 10.0. The molecule has 0 bridgehead atoms. The van der Waals surface area contributed by atoms with Crippen molar-refractivity contribution in [1.82, 2.24) is 9.80 Å². The van der Waals surface area contributed by atoms with E-state index in [-0.39, 0.29) is 0 Å². The van der Waals surface area contributed by atoms with Crippen LogP contribution in [0.5, 0.6) is 0 Å². The Kier molecular flexibility index (Phi) is 4.00. The second-order valence-electron chi connectivity index (χ2n) is 5.54. The summed E-state index contributed by atoms with van der Waals surface area (Å²) in [5, 5.41) is 0. The molecule has 0 aromatic carbocycles. The summed E-state index contributed by atoms with van der Waals surface area (Å²) in [6.45, 7) is 3.72. The normalized spacial score (nSPS) is 32.8. The summed E-state index contributed by atoms with van der Waals surface area (Å²) in [5.74, 6) is 0.700. The molecular weight excluding hydrogens is 198 g/mol. The quantitative estimate of drug-likeness (QED) is 0.722. The summed E-state index contributed by atoms with van der Waals surface area (Å²) in [7, 11) is 4.39. The van der Waals surface area contributed by atoms with Crippen LogP contribution in [0.4, 0.5) is 0 Å². The molecule has 2 unspecified atom stereocenters. The Bertz CT molecular complexity index is 242. The van der Waals surface area contributed by atoms with Crippen LogP contribution in [-0.2, 0) is 0 Å². The molecule has 1 aliphatic heterocycles. The molecule has 0 radical (unpaired) electrons. The molecule has 1 aliphatic carbocycles. The summed E-state index contributed by atoms with van der Waals surface area (Å²) >= 11 is 0. The zero-order valence-corrected chi connectivity index (χ0v) is 10.6. The maximum Gasteiger partial charge on any atom is 0.0229 e. The van der Waals surface area contributed by atoms with Crippen LogP contribution in [0.3, 0.4) is 0 Å². The smallest absolute Gasteiger partial charge is 0.0229 e. The van der Waals surface area contributed by atoms with Crippen molar-refractivity contribution in [2.45, 2.75) is 31.3 Å². The van der Waals surface area contributed by atoms with Crippen molar-refractivity contribution >= 4 is 0 Å². The van der Waals surface area contributed by atoms with Crippen LogP contribution in [0.15, 0.2) is 12.2 Å². The van der Waals surface area contributed by atoms with Gasteiger partial charge in [0.15, 0.2) is 0 Å². The molecule has 2 atom stereocenters. The van der Waals surface area contributed by atoms with Crippen molar-refractivity contribution in [3.63, 3.8) is 0 Å². The van der Waals surface area contributed by atoms with Crippen LogP contribution in [0.2, 0.25) is 0 Å². The summed E-state index contributed by atoms with van der Waals surface area (Å²) in [6, 6.07) is 1.10. The Morgan fingerprint density at radius 3 is 2.44 bits per heavy atom. The fraction of sp³-hybridized carbons (Fsp3) is 0.846. The van der Waals surface area contributed by atoms with Gasteiger partial charge in [0.2, 0.25) is 0 Å². The van der Waals surface area contributed by atoms with Gasteiger partial charge >= 0.3 is 0 Å². The molecule has 92 valence electrons. The number of rotatable bonds is 3. The zero-order valence-electron chi connectivity index (χ0n) is 10.6. The average molecular weight is 223 g/mol. The summed E-state index contributed by atoms with van der Waals surface area (Å²) in [5.41, 5.74) is 5.88. The minimum atomic E-state index is 0.310. The third kappa shape index (κ3) is 3.06. The molecule has 0 amide bonds. The average Bonchev–Trinajstić information content (AvgIpc) is 2.65. The van der Waals surface area contributed by atoms with E-state index >= 15 is 0 Å². The zero-order chi connectivity index (χ0) is 11.5. The standard InChI is InChI=1S/C13H25N3/c1-15(2)13-5-7-16(8-6-13)10-11-3-4-12(14)9-11/h3-4,11-13H,5-10,14H2,1-2H3. The molecule has 0 aromatic rings. The first-order valence-corrected chi connectivity index (χ1v) is 6.48. The molecular formula is C13H25N3. The molecule has 0 spiro atoms. The number of likely N-dealkylation sites (tertiary alicyclic amines) is 1. The van der Waals surface area contributed by atoms with E-state index in [9.17, 15) is 0 Å². The lowest BCUT2D eigenvalue weighted by Gasteiger charge is -2.36. The van der Waals surface area contributed by atoms with Crippen LogP contribution in [0.25, 0.3) is 0 Å². The first kappa shape index (κ1) is 12.1. The van der Waals surface area contributed by atoms with E-state index in [4.69, 9.17) is 5.73 Å². The third-order valence-electron chi connectivity index (χ3n) is 3.99. The predicted molar refractivity (Wildman–Crippen MR) is 68.4 cm³/mol. The molecule has 0 aromatic heterocycles. The maximum absolute atomic E-state index is 5.88. The van der Waals surface area contributed by atoms with Gasteiger partial charge in [0.05, 0.1) is 0 Å². The van der Waals surface area contributed by atoms with Gasteiger partial charge < -0.3 is 15.5 Å². The van der Waals surface area contributed by atoms with E-state index in [0.717, 1.165) is 12.5 Å². The van der Waals surface area contributed by atoms with Gasteiger partial charge in [-0.2, -0.15) is 0 Å². The SMILES string of the molecule is CN(C)C1CCN(CC2C=CC(N)C2)CC1. The Hall–Kier alpha value is -0.380. The fourth-order valence-electron chi connectivity index (χ4n) is 2.89. The van der Waals surface area contributed by atoms with E-state index in [1.807, 2.05) is 0 Å². The highest BCUT2D eigenvalue weighted by Crippen LogP contribution is 2.21. The Morgan fingerprint density at radius 1 is 1.25 bits per heavy atom. The minimum absolute atomic E-state index is 0.310. The first-order chi connectivity index (χ1) is 7.65. The van der Waals surface area contributed by atoms with Crippen molar-refractivity contribution in [3.05, 3.63) is 12.2 Å². The van der Waals surface area contributed by atoms with Crippen molar-refractivity contribution in [2.75, 3.05) is 33.7 Å². The van der Waals surface area contributed by atoms with Crippen molar-refractivity contribution in [1.29, 1.82) is 0 Å². The molecule has 2 rings (SSSR count). The van der Waals surface area contributed by atoms with E-state index < -0.39 is 0 Å². The second kappa shape index (κ2) is 5.30. The highest BCUT2D eigenvalue weighted by Gasteiger charge is 2.23. The summed E-state index contributed by atoms with van der Waals surface area (Å²) in [6.07, 6.45) is 8.25. The van der Waals surface area contributed by atoms with Gasteiger partial charge in [-0.25, -0.2) is 0 Å². The monoisotopic (exact) mass is 223 g/mol. The highest BCUT2D eigenvalue weighted by atomic mass is 15.2. The third-order valence-corrected chi connectivity index (χ3v) is 3.99. The predicted octanol–water partition coefficient (Wildman–Crippen LogP) is 0.916. The molecule has 0 saturated carbocycles. The number of hydrogen-bond acceptors (Lipinski definition) is 3. The topological polar surface area (TPSA) is 32.5 Å². The molecule has 1 heterocycles. The van der Waals surface area contributed by atoms with Crippen molar-refractivity contribution in [3.8, 4) is 0 Å². The van der Waals surface area contributed by atoms with Gasteiger partial charge in [-0.1, -0.05) is 12.2 Å². The van der Waals surface area contributed by atoms with Crippen molar-refractivity contribution in [2.24, 2.45) is 11.7 Å². The van der Waals surface area contributed by atoms with Crippen LogP contribution < -0.4 is 5.73 Å². The van der Waals surface area contributed by atoms with Gasteiger partial charge in [-0.15, -0.1) is 0 Å². The fourth-order valence-corrected chi connectivity index (χ4v) is 2.89. The number of nitrogens with two attached hydrogens (primary N) is 1. The molecule has 3 heteroatoms. The Morgan fingerprint density at radius 2 is 1.94 bits per heavy atom. The molecule has 1 fully saturated rings. The van der Waals surface area contributed by atoms with Gasteiger partial charge in [0.25, 0.3) is 0 Å². The highest BCUT2D eigenvalue weighted by molar-refractivity contribution is 5.05. The van der Waals surface area contributed by atoms with E-state index in [2.05, 4.69) is 36.0 Å². The molecule has 3 nitrogen and oxygen atoms in total. The molecule has 2 aliphatic rings. The van der Waals surface area contributed by atoms with Gasteiger partial charge in [-0.3, -0.25) is 0 Å². The number of nitrogens with zero attached hydrogens (tertiary/aromatic N) is 2.